The average molecular weight is 463 g/mol. The van der Waals surface area contributed by atoms with Gasteiger partial charge in [-0.05, 0) is 61.4 Å². The average Bonchev–Trinajstić information content (AvgIpc) is 3.24. The number of nitrogens with zero attached hydrogens (tertiary/aromatic N) is 2. The molecule has 0 bridgehead atoms. The molecule has 2 aliphatic heterocycles. The summed E-state index contributed by atoms with van der Waals surface area (Å²) in [6.45, 7) is 3.67. The van der Waals surface area contributed by atoms with Gasteiger partial charge in [0.05, 0.1) is 24.5 Å². The van der Waals surface area contributed by atoms with Gasteiger partial charge in [-0.15, -0.1) is 0 Å². The van der Waals surface area contributed by atoms with Crippen molar-refractivity contribution in [3.63, 3.8) is 0 Å². The minimum absolute atomic E-state index is 0.323. The number of amides is 2. The Morgan fingerprint density at radius 3 is 2.30 bits per heavy atom. The highest BCUT2D eigenvalue weighted by Crippen LogP contribution is 2.55. The standard InChI is InChI=1S/C26H23ClN2O4/c1-16-9-12-19(15-21(16)27)28-24(30)23-26(2,25(28)31)22(17-10-13-20(32-3)14-11-17)29(33-23)18-7-5-4-6-8-18/h4-15,22-23H,1-3H3/t22-,23+,26-/m0/s1. The van der Waals surface area contributed by atoms with Gasteiger partial charge in [0.2, 0.25) is 5.91 Å². The highest BCUT2D eigenvalue weighted by atomic mass is 35.5. The fourth-order valence-corrected chi connectivity index (χ4v) is 4.85. The van der Waals surface area contributed by atoms with Crippen LogP contribution in [0.15, 0.2) is 72.8 Å². The summed E-state index contributed by atoms with van der Waals surface area (Å²) in [4.78, 5) is 34.9. The van der Waals surface area contributed by atoms with Gasteiger partial charge in [0.1, 0.15) is 11.2 Å². The molecule has 0 unspecified atom stereocenters. The second kappa shape index (κ2) is 7.90. The SMILES string of the molecule is COc1ccc([C@@H]2N(c3ccccc3)O[C@@H]3C(=O)N(c4ccc(C)c(Cl)c4)C(=O)[C@]32C)cc1. The molecule has 0 N–H and O–H groups in total. The van der Waals surface area contributed by atoms with E-state index in [2.05, 4.69) is 0 Å². The van der Waals surface area contributed by atoms with Gasteiger partial charge in [0, 0.05) is 5.02 Å². The van der Waals surface area contributed by atoms with Crippen LogP contribution in [-0.2, 0) is 14.4 Å². The topological polar surface area (TPSA) is 59.1 Å². The molecule has 33 heavy (non-hydrogen) atoms. The van der Waals surface area contributed by atoms with E-state index in [4.69, 9.17) is 21.2 Å². The number of imide groups is 1. The van der Waals surface area contributed by atoms with Crippen molar-refractivity contribution in [3.8, 4) is 5.75 Å². The molecule has 2 fully saturated rings. The van der Waals surface area contributed by atoms with Gasteiger partial charge in [0.15, 0.2) is 6.10 Å². The number of carbonyl (C=O) groups excluding carboxylic acids is 2. The number of rotatable bonds is 4. The molecule has 2 heterocycles. The van der Waals surface area contributed by atoms with Gasteiger partial charge >= 0.3 is 0 Å². The quantitative estimate of drug-likeness (QED) is 0.505. The van der Waals surface area contributed by atoms with E-state index in [1.807, 2.05) is 61.5 Å². The van der Waals surface area contributed by atoms with Gasteiger partial charge in [-0.2, -0.15) is 0 Å². The fraction of sp³-hybridized carbons (Fsp3) is 0.231. The zero-order chi connectivity index (χ0) is 23.3. The maximum absolute atomic E-state index is 13.9. The summed E-state index contributed by atoms with van der Waals surface area (Å²) in [5.74, 6) is -0.0218. The first kappa shape index (κ1) is 21.5. The molecule has 168 valence electrons. The number of hydroxylamine groups is 1. The largest absolute Gasteiger partial charge is 0.497 e. The monoisotopic (exact) mass is 462 g/mol. The maximum Gasteiger partial charge on any atom is 0.266 e. The van der Waals surface area contributed by atoms with Crippen LogP contribution in [0.5, 0.6) is 5.75 Å². The lowest BCUT2D eigenvalue weighted by Gasteiger charge is -2.32. The third-order valence-corrected chi connectivity index (χ3v) is 6.94. The van der Waals surface area contributed by atoms with Crippen LogP contribution in [0.1, 0.15) is 24.1 Å². The lowest BCUT2D eigenvalue weighted by molar-refractivity contribution is -0.128. The molecule has 2 aliphatic rings. The number of benzene rings is 3. The first-order valence-electron chi connectivity index (χ1n) is 10.7. The van der Waals surface area contributed by atoms with Crippen LogP contribution >= 0.6 is 11.6 Å². The van der Waals surface area contributed by atoms with Crippen molar-refractivity contribution in [2.24, 2.45) is 5.41 Å². The Labute approximate surface area is 197 Å². The van der Waals surface area contributed by atoms with Crippen molar-refractivity contribution in [1.29, 1.82) is 0 Å². The summed E-state index contributed by atoms with van der Waals surface area (Å²) in [5, 5.41) is 2.18. The number of halogens is 1. The Morgan fingerprint density at radius 2 is 1.67 bits per heavy atom. The molecule has 2 saturated heterocycles. The van der Waals surface area contributed by atoms with E-state index in [0.29, 0.717) is 16.5 Å². The number of hydrogen-bond donors (Lipinski definition) is 0. The number of aryl methyl sites for hydroxylation is 1. The summed E-state index contributed by atoms with van der Waals surface area (Å²) < 4.78 is 5.30. The Kier molecular flexibility index (Phi) is 5.15. The van der Waals surface area contributed by atoms with Crippen LogP contribution in [0.4, 0.5) is 11.4 Å². The fourth-order valence-electron chi connectivity index (χ4n) is 4.68. The Morgan fingerprint density at radius 1 is 0.970 bits per heavy atom. The number of ether oxygens (including phenoxy) is 1. The molecular formula is C26H23ClN2O4. The molecule has 0 spiro atoms. The number of para-hydroxylation sites is 1. The van der Waals surface area contributed by atoms with E-state index in [0.717, 1.165) is 16.8 Å². The Hall–Kier alpha value is -3.35. The summed E-state index contributed by atoms with van der Waals surface area (Å²) >= 11 is 6.30. The minimum atomic E-state index is -1.15. The summed E-state index contributed by atoms with van der Waals surface area (Å²) in [6, 6.07) is 21.6. The van der Waals surface area contributed by atoms with Crippen molar-refractivity contribution in [3.05, 3.63) is 88.9 Å². The Bertz CT molecular complexity index is 1230. The molecule has 3 aromatic carbocycles. The predicted molar refractivity (Wildman–Crippen MR) is 126 cm³/mol. The molecule has 7 heteroatoms. The molecule has 3 aromatic rings. The molecule has 3 atom stereocenters. The zero-order valence-electron chi connectivity index (χ0n) is 18.5. The second-order valence-corrected chi connectivity index (χ2v) is 8.92. The molecule has 0 radical (unpaired) electrons. The maximum atomic E-state index is 13.9. The van der Waals surface area contributed by atoms with E-state index in [9.17, 15) is 9.59 Å². The third kappa shape index (κ3) is 3.21. The molecular weight excluding hydrogens is 440 g/mol. The molecule has 6 nitrogen and oxygen atoms in total. The molecule has 0 aromatic heterocycles. The van der Waals surface area contributed by atoms with E-state index < -0.39 is 23.5 Å². The predicted octanol–water partition coefficient (Wildman–Crippen LogP) is 5.10. The van der Waals surface area contributed by atoms with Crippen molar-refractivity contribution >= 4 is 34.8 Å². The highest BCUT2D eigenvalue weighted by Gasteiger charge is 2.68. The van der Waals surface area contributed by atoms with Gasteiger partial charge in [-0.1, -0.05) is 48.0 Å². The van der Waals surface area contributed by atoms with Crippen LogP contribution in [0.25, 0.3) is 0 Å². The zero-order valence-corrected chi connectivity index (χ0v) is 19.2. The van der Waals surface area contributed by atoms with Crippen molar-refractivity contribution in [1.82, 2.24) is 0 Å². The van der Waals surface area contributed by atoms with Gasteiger partial charge < -0.3 is 4.74 Å². The van der Waals surface area contributed by atoms with Crippen LogP contribution < -0.4 is 14.7 Å². The summed E-state index contributed by atoms with van der Waals surface area (Å²) in [6.07, 6.45) is -0.975. The first-order valence-corrected chi connectivity index (χ1v) is 11.0. The smallest absolute Gasteiger partial charge is 0.266 e. The number of hydrogen-bond acceptors (Lipinski definition) is 5. The van der Waals surface area contributed by atoms with Crippen LogP contribution in [0, 0.1) is 12.3 Å². The Balaban J connectivity index is 1.63. The number of fused-ring (bicyclic) bond motifs is 1. The third-order valence-electron chi connectivity index (χ3n) is 6.53. The van der Waals surface area contributed by atoms with E-state index in [1.54, 1.807) is 37.3 Å². The summed E-state index contributed by atoms with van der Waals surface area (Å²) in [7, 11) is 1.60. The minimum Gasteiger partial charge on any atom is -0.497 e. The highest BCUT2D eigenvalue weighted by molar-refractivity contribution is 6.32. The number of carbonyl (C=O) groups is 2. The molecule has 0 saturated carbocycles. The molecule has 5 rings (SSSR count). The number of methoxy groups -OCH3 is 1. The van der Waals surface area contributed by atoms with Crippen LogP contribution in [-0.4, -0.2) is 25.0 Å². The summed E-state index contributed by atoms with van der Waals surface area (Å²) in [5.41, 5.74) is 1.76. The van der Waals surface area contributed by atoms with E-state index in [-0.39, 0.29) is 5.91 Å². The number of anilines is 2. The van der Waals surface area contributed by atoms with E-state index in [1.165, 1.54) is 4.90 Å². The van der Waals surface area contributed by atoms with Crippen molar-refractivity contribution in [2.45, 2.75) is 26.0 Å². The van der Waals surface area contributed by atoms with Gasteiger partial charge in [-0.25, -0.2) is 9.96 Å². The van der Waals surface area contributed by atoms with Crippen molar-refractivity contribution in [2.75, 3.05) is 17.1 Å². The van der Waals surface area contributed by atoms with Crippen molar-refractivity contribution < 1.29 is 19.2 Å². The first-order chi connectivity index (χ1) is 15.9. The van der Waals surface area contributed by atoms with Crippen LogP contribution in [0.2, 0.25) is 5.02 Å². The van der Waals surface area contributed by atoms with Gasteiger partial charge in [-0.3, -0.25) is 14.4 Å². The lowest BCUT2D eigenvalue weighted by Crippen LogP contribution is -2.41. The molecule has 0 aliphatic carbocycles. The normalized spacial score (nSPS) is 24.4. The second-order valence-electron chi connectivity index (χ2n) is 8.52. The molecule has 2 amide bonds. The van der Waals surface area contributed by atoms with E-state index >= 15 is 0 Å². The lowest BCUT2D eigenvalue weighted by atomic mass is 9.76. The van der Waals surface area contributed by atoms with Crippen LogP contribution in [0.3, 0.4) is 0 Å². The van der Waals surface area contributed by atoms with Gasteiger partial charge in [0.25, 0.3) is 5.91 Å².